The standard InChI is InChI=1S/C19H19ClN2O2S/c1-12-5-3-4-6-13(12)11-22(2)18(23)10-17-19(24)21-15-9-14(20)7-8-16(15)25-17/h3-9,17H,10-11H2,1-2H3,(H,21,24)/t17-/m0/s1. The molecule has 0 bridgehead atoms. The number of carbonyl (C=O) groups is 2. The van der Waals surface area contributed by atoms with Crippen molar-refractivity contribution in [2.75, 3.05) is 12.4 Å². The van der Waals surface area contributed by atoms with Gasteiger partial charge in [-0.15, -0.1) is 11.8 Å². The highest BCUT2D eigenvalue weighted by Gasteiger charge is 2.30. The second-order valence-corrected chi connectivity index (χ2v) is 7.80. The van der Waals surface area contributed by atoms with E-state index in [9.17, 15) is 9.59 Å². The summed E-state index contributed by atoms with van der Waals surface area (Å²) in [5.74, 6) is -0.203. The van der Waals surface area contributed by atoms with Gasteiger partial charge in [-0.1, -0.05) is 35.9 Å². The van der Waals surface area contributed by atoms with Crippen molar-refractivity contribution in [1.82, 2.24) is 4.90 Å². The summed E-state index contributed by atoms with van der Waals surface area (Å²) in [5.41, 5.74) is 2.97. The maximum absolute atomic E-state index is 12.6. The number of rotatable bonds is 4. The van der Waals surface area contributed by atoms with Gasteiger partial charge < -0.3 is 10.2 Å². The lowest BCUT2D eigenvalue weighted by Gasteiger charge is -2.26. The lowest BCUT2D eigenvalue weighted by atomic mass is 10.1. The summed E-state index contributed by atoms with van der Waals surface area (Å²) in [6.07, 6.45) is 0.168. The molecule has 1 heterocycles. The molecule has 1 N–H and O–H groups in total. The summed E-state index contributed by atoms with van der Waals surface area (Å²) < 4.78 is 0. The first-order chi connectivity index (χ1) is 11.9. The Balaban J connectivity index is 1.65. The van der Waals surface area contributed by atoms with Gasteiger partial charge in [0.05, 0.1) is 10.9 Å². The number of anilines is 1. The number of hydrogen-bond donors (Lipinski definition) is 1. The number of fused-ring (bicyclic) bond motifs is 1. The second kappa shape index (κ2) is 7.50. The van der Waals surface area contributed by atoms with E-state index < -0.39 is 5.25 Å². The molecule has 0 saturated heterocycles. The van der Waals surface area contributed by atoms with Crippen LogP contribution in [0.4, 0.5) is 5.69 Å². The van der Waals surface area contributed by atoms with E-state index in [2.05, 4.69) is 5.32 Å². The summed E-state index contributed by atoms with van der Waals surface area (Å²) in [7, 11) is 1.77. The molecular weight excluding hydrogens is 356 g/mol. The summed E-state index contributed by atoms with van der Waals surface area (Å²) >= 11 is 7.37. The van der Waals surface area contributed by atoms with Crippen molar-refractivity contribution in [2.24, 2.45) is 0 Å². The topological polar surface area (TPSA) is 49.4 Å². The molecule has 1 aliphatic heterocycles. The molecule has 1 atom stereocenters. The van der Waals surface area contributed by atoms with Crippen molar-refractivity contribution in [3.63, 3.8) is 0 Å². The van der Waals surface area contributed by atoms with Crippen molar-refractivity contribution in [3.8, 4) is 0 Å². The second-order valence-electron chi connectivity index (χ2n) is 6.12. The van der Waals surface area contributed by atoms with Gasteiger partial charge in [0, 0.05) is 29.9 Å². The van der Waals surface area contributed by atoms with Crippen molar-refractivity contribution in [3.05, 3.63) is 58.6 Å². The van der Waals surface area contributed by atoms with Crippen LogP contribution in [-0.2, 0) is 16.1 Å². The van der Waals surface area contributed by atoms with Crippen LogP contribution in [0.15, 0.2) is 47.4 Å². The summed E-state index contributed by atoms with van der Waals surface area (Å²) in [5, 5.41) is 2.98. The number of nitrogens with one attached hydrogen (secondary N) is 1. The van der Waals surface area contributed by atoms with E-state index in [1.807, 2.05) is 37.3 Å². The zero-order chi connectivity index (χ0) is 18.0. The average Bonchev–Trinajstić information content (AvgIpc) is 2.57. The normalized spacial score (nSPS) is 16.1. The van der Waals surface area contributed by atoms with Crippen molar-refractivity contribution in [2.45, 2.75) is 30.0 Å². The van der Waals surface area contributed by atoms with Crippen LogP contribution in [0.25, 0.3) is 0 Å². The summed E-state index contributed by atoms with van der Waals surface area (Å²) in [6, 6.07) is 13.4. The predicted octanol–water partition coefficient (Wildman–Crippen LogP) is 4.11. The number of aryl methyl sites for hydroxylation is 1. The first-order valence-corrected chi connectivity index (χ1v) is 9.25. The van der Waals surface area contributed by atoms with Crippen LogP contribution in [0.1, 0.15) is 17.5 Å². The molecule has 2 aromatic rings. The number of carbonyl (C=O) groups excluding carboxylic acids is 2. The molecule has 25 heavy (non-hydrogen) atoms. The highest BCUT2D eigenvalue weighted by atomic mass is 35.5. The molecule has 0 aliphatic carbocycles. The van der Waals surface area contributed by atoms with Crippen molar-refractivity contribution >= 4 is 40.9 Å². The minimum Gasteiger partial charge on any atom is -0.341 e. The third-order valence-corrected chi connectivity index (χ3v) is 5.73. The van der Waals surface area contributed by atoms with Crippen LogP contribution < -0.4 is 5.32 Å². The molecule has 130 valence electrons. The zero-order valence-electron chi connectivity index (χ0n) is 14.1. The van der Waals surface area contributed by atoms with Crippen molar-refractivity contribution in [1.29, 1.82) is 0 Å². The van der Waals surface area contributed by atoms with Gasteiger partial charge in [-0.05, 0) is 36.2 Å². The van der Waals surface area contributed by atoms with Crippen LogP contribution in [-0.4, -0.2) is 29.0 Å². The van der Waals surface area contributed by atoms with E-state index in [4.69, 9.17) is 11.6 Å². The molecule has 0 aromatic heterocycles. The van der Waals surface area contributed by atoms with E-state index in [-0.39, 0.29) is 18.2 Å². The molecule has 0 fully saturated rings. The number of nitrogens with zero attached hydrogens (tertiary/aromatic N) is 1. The number of halogens is 1. The molecule has 3 rings (SSSR count). The molecule has 2 amide bonds. The molecule has 2 aromatic carbocycles. The fraction of sp³-hybridized carbons (Fsp3) is 0.263. The SMILES string of the molecule is Cc1ccccc1CN(C)C(=O)C[C@@H]1Sc2ccc(Cl)cc2NC1=O. The predicted molar refractivity (Wildman–Crippen MR) is 102 cm³/mol. The van der Waals surface area contributed by atoms with Gasteiger partial charge in [0.15, 0.2) is 0 Å². The van der Waals surface area contributed by atoms with Crippen molar-refractivity contribution < 1.29 is 9.59 Å². The first kappa shape index (κ1) is 17.8. The minimum absolute atomic E-state index is 0.0479. The Morgan fingerprint density at radius 2 is 2.04 bits per heavy atom. The maximum Gasteiger partial charge on any atom is 0.238 e. The van der Waals surface area contributed by atoms with E-state index in [1.54, 1.807) is 24.1 Å². The average molecular weight is 375 g/mol. The van der Waals surface area contributed by atoms with Gasteiger partial charge in [0.2, 0.25) is 11.8 Å². The lowest BCUT2D eigenvalue weighted by Crippen LogP contribution is -2.35. The number of amides is 2. The third-order valence-electron chi connectivity index (χ3n) is 4.22. The van der Waals surface area contributed by atoms with Gasteiger partial charge in [-0.3, -0.25) is 9.59 Å². The Morgan fingerprint density at radius 3 is 2.80 bits per heavy atom. The Labute approximate surface area is 156 Å². The molecule has 4 nitrogen and oxygen atoms in total. The Bertz CT molecular complexity index is 825. The highest BCUT2D eigenvalue weighted by Crippen LogP contribution is 2.38. The van der Waals surface area contributed by atoms with E-state index in [1.165, 1.54) is 11.8 Å². The molecule has 6 heteroatoms. The fourth-order valence-corrected chi connectivity index (χ4v) is 3.96. The van der Waals surface area contributed by atoms with Gasteiger partial charge in [-0.25, -0.2) is 0 Å². The van der Waals surface area contributed by atoms with Gasteiger partial charge in [0.1, 0.15) is 0 Å². The first-order valence-electron chi connectivity index (χ1n) is 7.99. The van der Waals surface area contributed by atoms with E-state index in [0.717, 1.165) is 16.0 Å². The quantitative estimate of drug-likeness (QED) is 0.876. The molecule has 0 saturated carbocycles. The van der Waals surface area contributed by atoms with Gasteiger partial charge in [0.25, 0.3) is 0 Å². The van der Waals surface area contributed by atoms with Crippen LogP contribution >= 0.6 is 23.4 Å². The number of thioether (sulfide) groups is 1. The van der Waals surface area contributed by atoms with E-state index in [0.29, 0.717) is 17.3 Å². The number of hydrogen-bond acceptors (Lipinski definition) is 3. The van der Waals surface area contributed by atoms with Crippen LogP contribution in [0, 0.1) is 6.92 Å². The van der Waals surface area contributed by atoms with Gasteiger partial charge in [-0.2, -0.15) is 0 Å². The molecular formula is C19H19ClN2O2S. The fourth-order valence-electron chi connectivity index (χ4n) is 2.70. The maximum atomic E-state index is 12.6. The summed E-state index contributed by atoms with van der Waals surface area (Å²) in [6.45, 7) is 2.57. The van der Waals surface area contributed by atoms with E-state index >= 15 is 0 Å². The zero-order valence-corrected chi connectivity index (χ0v) is 15.7. The molecule has 0 radical (unpaired) electrons. The molecule has 0 unspecified atom stereocenters. The van der Waals surface area contributed by atoms with Crippen LogP contribution in [0.5, 0.6) is 0 Å². The largest absolute Gasteiger partial charge is 0.341 e. The smallest absolute Gasteiger partial charge is 0.238 e. The Hall–Kier alpha value is -1.98. The molecule has 0 spiro atoms. The highest BCUT2D eigenvalue weighted by molar-refractivity contribution is 8.01. The Morgan fingerprint density at radius 1 is 1.28 bits per heavy atom. The summed E-state index contributed by atoms with van der Waals surface area (Å²) in [4.78, 5) is 27.5. The molecule has 1 aliphatic rings. The van der Waals surface area contributed by atoms with Crippen LogP contribution in [0.2, 0.25) is 5.02 Å². The minimum atomic E-state index is -0.430. The number of benzene rings is 2. The van der Waals surface area contributed by atoms with Gasteiger partial charge >= 0.3 is 0 Å². The van der Waals surface area contributed by atoms with Crippen LogP contribution in [0.3, 0.4) is 0 Å². The lowest BCUT2D eigenvalue weighted by molar-refractivity contribution is -0.131. The monoisotopic (exact) mass is 374 g/mol. The third kappa shape index (κ3) is 4.17. The Kier molecular flexibility index (Phi) is 5.35.